The number of nitrogens with zero attached hydrogens (tertiary/aromatic N) is 2. The molecule has 1 heterocycles. The van der Waals surface area contributed by atoms with Crippen molar-refractivity contribution in [1.29, 1.82) is 0 Å². The SMILES string of the molecule is CN(C)c1ccc([C@H](CNC(=O)C(C)(C)CCl)N2CCc3ccccc3C2)cc1. The topological polar surface area (TPSA) is 35.6 Å². The highest BCUT2D eigenvalue weighted by molar-refractivity contribution is 6.19. The van der Waals surface area contributed by atoms with Gasteiger partial charge in [0.2, 0.25) is 5.91 Å². The molecule has 0 radical (unpaired) electrons. The van der Waals surface area contributed by atoms with Gasteiger partial charge >= 0.3 is 0 Å². The maximum atomic E-state index is 12.6. The van der Waals surface area contributed by atoms with Gasteiger partial charge in [-0.2, -0.15) is 0 Å². The molecule has 0 bridgehead atoms. The molecule has 3 rings (SSSR count). The van der Waals surface area contributed by atoms with Crippen molar-refractivity contribution in [3.05, 3.63) is 65.2 Å². The number of nitrogens with one attached hydrogen (secondary N) is 1. The lowest BCUT2D eigenvalue weighted by Crippen LogP contribution is -2.44. The van der Waals surface area contributed by atoms with E-state index in [1.807, 2.05) is 27.9 Å². The van der Waals surface area contributed by atoms with Crippen LogP contribution in [0.5, 0.6) is 0 Å². The van der Waals surface area contributed by atoms with Crippen molar-refractivity contribution in [1.82, 2.24) is 10.2 Å². The summed E-state index contributed by atoms with van der Waals surface area (Å²) in [5, 5.41) is 3.16. The number of hydrogen-bond donors (Lipinski definition) is 1. The van der Waals surface area contributed by atoms with Crippen molar-refractivity contribution < 1.29 is 4.79 Å². The molecule has 2 aromatic carbocycles. The average molecular weight is 414 g/mol. The van der Waals surface area contributed by atoms with E-state index in [9.17, 15) is 4.79 Å². The molecule has 0 unspecified atom stereocenters. The first kappa shape index (κ1) is 21.7. The van der Waals surface area contributed by atoms with E-state index in [1.165, 1.54) is 22.4 Å². The Morgan fingerprint density at radius 2 is 1.79 bits per heavy atom. The van der Waals surface area contributed by atoms with Gasteiger partial charge in [-0.3, -0.25) is 9.69 Å². The maximum Gasteiger partial charge on any atom is 0.226 e. The quantitative estimate of drug-likeness (QED) is 0.690. The predicted octanol–water partition coefficient (Wildman–Crippen LogP) is 4.23. The van der Waals surface area contributed by atoms with Crippen LogP contribution in [0.25, 0.3) is 0 Å². The number of anilines is 1. The number of fused-ring (bicyclic) bond motifs is 1. The van der Waals surface area contributed by atoms with Gasteiger partial charge in [-0.1, -0.05) is 36.4 Å². The van der Waals surface area contributed by atoms with Gasteiger partial charge in [-0.05, 0) is 49.1 Å². The Labute approximate surface area is 179 Å². The van der Waals surface area contributed by atoms with Crippen LogP contribution >= 0.6 is 11.6 Å². The molecule has 1 N–H and O–H groups in total. The van der Waals surface area contributed by atoms with Crippen molar-refractivity contribution in [3.63, 3.8) is 0 Å². The number of carbonyl (C=O) groups is 1. The summed E-state index contributed by atoms with van der Waals surface area (Å²) in [5.41, 5.74) is 4.62. The minimum atomic E-state index is -0.574. The molecule has 1 aliphatic rings. The number of rotatable bonds is 7. The minimum Gasteiger partial charge on any atom is -0.378 e. The van der Waals surface area contributed by atoms with Gasteiger partial charge in [0.05, 0.1) is 11.5 Å². The highest BCUT2D eigenvalue weighted by Crippen LogP contribution is 2.29. The second kappa shape index (κ2) is 9.19. The van der Waals surface area contributed by atoms with Crippen LogP contribution in [0.3, 0.4) is 0 Å². The van der Waals surface area contributed by atoms with E-state index >= 15 is 0 Å². The maximum absolute atomic E-state index is 12.6. The second-order valence-corrected chi connectivity index (χ2v) is 8.99. The zero-order chi connectivity index (χ0) is 21.0. The zero-order valence-corrected chi connectivity index (χ0v) is 18.7. The summed E-state index contributed by atoms with van der Waals surface area (Å²) in [6.45, 7) is 6.21. The molecule has 1 amide bonds. The van der Waals surface area contributed by atoms with Crippen LogP contribution in [0.2, 0.25) is 0 Å². The molecule has 29 heavy (non-hydrogen) atoms. The van der Waals surface area contributed by atoms with E-state index < -0.39 is 5.41 Å². The minimum absolute atomic E-state index is 0.000166. The van der Waals surface area contributed by atoms with Gasteiger partial charge in [0.25, 0.3) is 0 Å². The highest BCUT2D eigenvalue weighted by Gasteiger charge is 2.29. The molecule has 0 fully saturated rings. The number of benzene rings is 2. The predicted molar refractivity (Wildman–Crippen MR) is 122 cm³/mol. The third-order valence-electron chi connectivity index (χ3n) is 5.80. The molecule has 0 aromatic heterocycles. The van der Waals surface area contributed by atoms with E-state index in [0.29, 0.717) is 12.4 Å². The Morgan fingerprint density at radius 3 is 2.41 bits per heavy atom. The van der Waals surface area contributed by atoms with Crippen LogP contribution in [0.15, 0.2) is 48.5 Å². The summed E-state index contributed by atoms with van der Waals surface area (Å²) in [6.07, 6.45) is 1.03. The van der Waals surface area contributed by atoms with Gasteiger partial charge in [0, 0.05) is 45.3 Å². The third kappa shape index (κ3) is 5.12. The van der Waals surface area contributed by atoms with Crippen molar-refractivity contribution >= 4 is 23.2 Å². The van der Waals surface area contributed by atoms with Crippen LogP contribution in [0, 0.1) is 5.41 Å². The molecule has 0 saturated carbocycles. The number of amides is 1. The Morgan fingerprint density at radius 1 is 1.14 bits per heavy atom. The Bertz CT molecular complexity index is 832. The van der Waals surface area contributed by atoms with Crippen LogP contribution in [-0.2, 0) is 17.8 Å². The largest absolute Gasteiger partial charge is 0.378 e. The fourth-order valence-electron chi connectivity index (χ4n) is 3.73. The standard InChI is InChI=1S/C24H32ClN3O/c1-24(2,17-25)23(29)26-15-22(19-9-11-21(12-10-19)27(3)4)28-14-13-18-7-5-6-8-20(18)16-28/h5-12,22H,13-17H2,1-4H3,(H,26,29)/t22-/m0/s1. The van der Waals surface area contributed by atoms with Crippen LogP contribution in [0.1, 0.15) is 36.6 Å². The number of hydrogen-bond acceptors (Lipinski definition) is 3. The molecular weight excluding hydrogens is 382 g/mol. The van der Waals surface area contributed by atoms with Crippen molar-refractivity contribution in [3.8, 4) is 0 Å². The van der Waals surface area contributed by atoms with Gasteiger partial charge in [0.1, 0.15) is 0 Å². The third-order valence-corrected chi connectivity index (χ3v) is 6.47. The number of halogens is 1. The lowest BCUT2D eigenvalue weighted by molar-refractivity contribution is -0.128. The summed E-state index contributed by atoms with van der Waals surface area (Å²) in [4.78, 5) is 17.2. The lowest BCUT2D eigenvalue weighted by atomic mass is 9.94. The fraction of sp³-hybridized carbons (Fsp3) is 0.458. The highest BCUT2D eigenvalue weighted by atomic mass is 35.5. The number of alkyl halides is 1. The normalized spacial score (nSPS) is 15.5. The molecule has 0 spiro atoms. The van der Waals surface area contributed by atoms with E-state index in [0.717, 1.165) is 19.5 Å². The molecule has 5 heteroatoms. The Kier molecular flexibility index (Phi) is 6.86. The van der Waals surface area contributed by atoms with Gasteiger partial charge in [0.15, 0.2) is 0 Å². The molecule has 1 aliphatic heterocycles. The number of carbonyl (C=O) groups excluding carboxylic acids is 1. The van der Waals surface area contributed by atoms with Crippen molar-refractivity contribution in [2.24, 2.45) is 5.41 Å². The smallest absolute Gasteiger partial charge is 0.226 e. The van der Waals surface area contributed by atoms with E-state index in [2.05, 4.69) is 63.6 Å². The van der Waals surface area contributed by atoms with Crippen molar-refractivity contribution in [2.75, 3.05) is 38.0 Å². The Hall–Kier alpha value is -2.04. The zero-order valence-electron chi connectivity index (χ0n) is 17.9. The van der Waals surface area contributed by atoms with Gasteiger partial charge in [-0.15, -0.1) is 11.6 Å². The molecular formula is C24H32ClN3O. The molecule has 0 saturated heterocycles. The second-order valence-electron chi connectivity index (χ2n) is 8.72. The average Bonchev–Trinajstić information content (AvgIpc) is 2.73. The van der Waals surface area contributed by atoms with Gasteiger partial charge < -0.3 is 10.2 Å². The molecule has 2 aromatic rings. The summed E-state index contributed by atoms with van der Waals surface area (Å²) < 4.78 is 0. The van der Waals surface area contributed by atoms with E-state index in [1.54, 1.807) is 0 Å². The monoisotopic (exact) mass is 413 g/mol. The van der Waals surface area contributed by atoms with Crippen LogP contribution in [0.4, 0.5) is 5.69 Å². The molecule has 1 atom stereocenters. The van der Waals surface area contributed by atoms with E-state index in [4.69, 9.17) is 11.6 Å². The summed E-state index contributed by atoms with van der Waals surface area (Å²) in [7, 11) is 4.09. The first-order valence-electron chi connectivity index (χ1n) is 10.2. The molecule has 4 nitrogen and oxygen atoms in total. The van der Waals surface area contributed by atoms with E-state index in [-0.39, 0.29) is 11.9 Å². The summed E-state index contributed by atoms with van der Waals surface area (Å²) in [5.74, 6) is 0.304. The fourth-order valence-corrected chi connectivity index (χ4v) is 3.85. The Balaban J connectivity index is 1.82. The van der Waals surface area contributed by atoms with Gasteiger partial charge in [-0.25, -0.2) is 0 Å². The first-order chi connectivity index (χ1) is 13.8. The van der Waals surface area contributed by atoms with Crippen LogP contribution in [-0.4, -0.2) is 43.9 Å². The summed E-state index contributed by atoms with van der Waals surface area (Å²) >= 11 is 6.00. The van der Waals surface area contributed by atoms with Crippen LogP contribution < -0.4 is 10.2 Å². The first-order valence-corrected chi connectivity index (χ1v) is 10.8. The lowest BCUT2D eigenvalue weighted by Gasteiger charge is -2.36. The van der Waals surface area contributed by atoms with Crippen molar-refractivity contribution in [2.45, 2.75) is 32.9 Å². The molecule has 156 valence electrons. The molecule has 0 aliphatic carbocycles. The summed E-state index contributed by atoms with van der Waals surface area (Å²) in [6, 6.07) is 17.4.